The molecule has 0 aliphatic heterocycles. The zero-order chi connectivity index (χ0) is 22.1. The summed E-state index contributed by atoms with van der Waals surface area (Å²) in [5.74, 6) is 0.611. The Morgan fingerprint density at radius 1 is 0.964 bits per heavy atom. The summed E-state index contributed by atoms with van der Waals surface area (Å²) in [6, 6.07) is 1.49. The maximum absolute atomic E-state index is 12.1. The summed E-state index contributed by atoms with van der Waals surface area (Å²) in [4.78, 5) is 12.1. The number of nitrogens with two attached hydrogens (primary N) is 1. The Morgan fingerprint density at radius 3 is 1.75 bits per heavy atom. The van der Waals surface area contributed by atoms with Crippen LogP contribution in [0.5, 0.6) is 0 Å². The Labute approximate surface area is 179 Å². The highest BCUT2D eigenvalue weighted by Gasteiger charge is 2.34. The van der Waals surface area contributed by atoms with Gasteiger partial charge in [0.25, 0.3) is 0 Å². The molecule has 0 saturated heterocycles. The topological polar surface area (TPSA) is 68.0 Å². The highest BCUT2D eigenvalue weighted by molar-refractivity contribution is 8.13. The fourth-order valence-corrected chi connectivity index (χ4v) is 5.97. The Bertz CT molecular complexity index is 412. The van der Waals surface area contributed by atoms with Crippen LogP contribution in [-0.4, -0.2) is 64.3 Å². The molecule has 0 atom stereocenters. The zero-order valence-corrected chi connectivity index (χ0v) is 21.4. The molecule has 8 heteroatoms. The summed E-state index contributed by atoms with van der Waals surface area (Å²) in [5.41, 5.74) is 5.17. The van der Waals surface area contributed by atoms with Gasteiger partial charge in [-0.05, 0) is 55.4 Å². The van der Waals surface area contributed by atoms with Gasteiger partial charge in [-0.15, -0.1) is 0 Å². The maximum Gasteiger partial charge on any atom is 0.195 e. The van der Waals surface area contributed by atoms with E-state index >= 15 is 0 Å². The van der Waals surface area contributed by atoms with Gasteiger partial charge in [0, 0.05) is 41.9 Å². The molecule has 0 unspecified atom stereocenters. The molecule has 0 aliphatic carbocycles. The van der Waals surface area contributed by atoms with Gasteiger partial charge in [0.2, 0.25) is 0 Å². The number of carbonyl (C=O) groups is 1. The molecule has 0 saturated carbocycles. The van der Waals surface area contributed by atoms with E-state index < -0.39 is 13.9 Å². The third-order valence-corrected chi connectivity index (χ3v) is 8.45. The molecule has 0 spiro atoms. The lowest BCUT2D eigenvalue weighted by atomic mass is 9.96. The highest BCUT2D eigenvalue weighted by Crippen LogP contribution is 2.50. The van der Waals surface area contributed by atoms with Gasteiger partial charge < -0.3 is 15.0 Å². The van der Waals surface area contributed by atoms with Crippen molar-refractivity contribution in [1.29, 1.82) is 0 Å². The summed E-state index contributed by atoms with van der Waals surface area (Å²) < 4.78 is 16.9. The maximum atomic E-state index is 12.1. The van der Waals surface area contributed by atoms with Crippen LogP contribution in [0.25, 0.3) is 0 Å². The van der Waals surface area contributed by atoms with Gasteiger partial charge in [-0.3, -0.25) is 4.79 Å². The van der Waals surface area contributed by atoms with Crippen LogP contribution in [0.4, 0.5) is 0 Å². The van der Waals surface area contributed by atoms with Crippen LogP contribution >= 0.6 is 20.2 Å². The molecule has 168 valence electrons. The molecule has 6 nitrogen and oxygen atoms in total. The van der Waals surface area contributed by atoms with E-state index in [4.69, 9.17) is 15.0 Å². The molecule has 0 bridgehead atoms. The minimum atomic E-state index is -0.948. The number of thioether (sulfide) groups is 1. The van der Waals surface area contributed by atoms with Crippen molar-refractivity contribution in [2.24, 2.45) is 11.1 Å². The van der Waals surface area contributed by atoms with Crippen LogP contribution in [0.2, 0.25) is 0 Å². The third kappa shape index (κ3) is 9.38. The van der Waals surface area contributed by atoms with Crippen LogP contribution in [0, 0.1) is 5.41 Å². The normalized spacial score (nSPS) is 13.4. The van der Waals surface area contributed by atoms with E-state index in [-0.39, 0.29) is 11.9 Å². The van der Waals surface area contributed by atoms with Crippen LogP contribution in [-0.2, 0) is 14.1 Å². The van der Waals surface area contributed by atoms with E-state index in [1.165, 1.54) is 11.8 Å². The predicted molar refractivity (Wildman–Crippen MR) is 123 cm³/mol. The van der Waals surface area contributed by atoms with Gasteiger partial charge in [-0.2, -0.15) is 0 Å². The van der Waals surface area contributed by atoms with E-state index in [0.29, 0.717) is 43.1 Å². The van der Waals surface area contributed by atoms with Gasteiger partial charge in [0.15, 0.2) is 20.4 Å². The molecule has 0 fully saturated rings. The van der Waals surface area contributed by atoms with Crippen molar-refractivity contribution >= 4 is 25.3 Å². The lowest BCUT2D eigenvalue weighted by Crippen LogP contribution is -2.43. The number of rotatable bonds is 14. The Kier molecular flexibility index (Phi) is 13.7. The number of ether oxygens (including phenoxy) is 1. The molecule has 0 aromatic heterocycles. The molecule has 28 heavy (non-hydrogen) atoms. The fourth-order valence-electron chi connectivity index (χ4n) is 2.85. The summed E-state index contributed by atoms with van der Waals surface area (Å²) in [7, 11) is -0.948. The van der Waals surface area contributed by atoms with Crippen LogP contribution in [0.3, 0.4) is 0 Å². The van der Waals surface area contributed by atoms with E-state index in [9.17, 15) is 4.79 Å². The van der Waals surface area contributed by atoms with E-state index in [2.05, 4.69) is 64.7 Å². The molecule has 2 N–H and O–H groups in total. The second kappa shape index (κ2) is 13.5. The van der Waals surface area contributed by atoms with Gasteiger partial charge in [-0.1, -0.05) is 25.6 Å². The SMILES string of the molecule is CC(C)N(C(C)C)P(OCOCCSC(=O)C(C)(C)CN)N(C(C)C)C(C)C. The number of carbonyl (C=O) groups excluding carboxylic acids is 1. The summed E-state index contributed by atoms with van der Waals surface area (Å²) in [5, 5.41) is 0.110. The zero-order valence-electron chi connectivity index (χ0n) is 19.7. The van der Waals surface area contributed by atoms with Crippen molar-refractivity contribution in [2.75, 3.05) is 25.7 Å². The second-order valence-electron chi connectivity index (χ2n) is 8.77. The standard InChI is InChI=1S/C20H44N3O3PS/c1-15(2)22(16(3)4)27(23(17(5)6)18(7)8)26-14-25-11-12-28-19(24)20(9,10)13-21/h15-18H,11-14,21H2,1-10H3. The number of nitrogens with zero attached hydrogens (tertiary/aromatic N) is 2. The largest absolute Gasteiger partial charge is 0.354 e. The molecule has 0 aromatic rings. The van der Waals surface area contributed by atoms with Crippen molar-refractivity contribution in [3.8, 4) is 0 Å². The molecular formula is C20H44N3O3PS. The first-order chi connectivity index (χ1) is 12.9. The third-order valence-electron chi connectivity index (χ3n) is 4.29. The highest BCUT2D eigenvalue weighted by atomic mass is 32.2. The Hall–Kier alpha value is 0.250. The number of hydrogen-bond donors (Lipinski definition) is 1. The minimum absolute atomic E-state index is 0.110. The van der Waals surface area contributed by atoms with Crippen molar-refractivity contribution < 1.29 is 14.1 Å². The van der Waals surface area contributed by atoms with Gasteiger partial charge in [-0.25, -0.2) is 9.34 Å². The van der Waals surface area contributed by atoms with Crippen molar-refractivity contribution in [3.63, 3.8) is 0 Å². The Morgan fingerprint density at radius 2 is 1.39 bits per heavy atom. The summed E-state index contributed by atoms with van der Waals surface area (Å²) >= 11 is 1.28. The van der Waals surface area contributed by atoms with Crippen LogP contribution < -0.4 is 5.73 Å². The summed E-state index contributed by atoms with van der Waals surface area (Å²) in [6.45, 7) is 22.5. The lowest BCUT2D eigenvalue weighted by molar-refractivity contribution is -0.117. The average Bonchev–Trinajstić information content (AvgIpc) is 2.55. The first-order valence-electron chi connectivity index (χ1n) is 10.3. The lowest BCUT2D eigenvalue weighted by Gasteiger charge is -2.45. The van der Waals surface area contributed by atoms with Crippen LogP contribution in [0.15, 0.2) is 0 Å². The first-order valence-corrected chi connectivity index (χ1v) is 12.5. The quantitative estimate of drug-likeness (QED) is 0.240. The molecule has 0 amide bonds. The second-order valence-corrected chi connectivity index (χ2v) is 11.5. The van der Waals surface area contributed by atoms with E-state index in [1.807, 2.05) is 13.8 Å². The summed E-state index contributed by atoms with van der Waals surface area (Å²) in [6.07, 6.45) is 0. The van der Waals surface area contributed by atoms with Crippen molar-refractivity contribution in [3.05, 3.63) is 0 Å². The molecule has 0 radical (unpaired) electrons. The van der Waals surface area contributed by atoms with Gasteiger partial charge >= 0.3 is 0 Å². The van der Waals surface area contributed by atoms with Crippen molar-refractivity contribution in [1.82, 2.24) is 9.34 Å². The smallest absolute Gasteiger partial charge is 0.195 e. The monoisotopic (exact) mass is 437 g/mol. The number of hydrogen-bond acceptors (Lipinski definition) is 7. The molecule has 0 rings (SSSR count). The van der Waals surface area contributed by atoms with Gasteiger partial charge in [0.1, 0.15) is 0 Å². The average molecular weight is 438 g/mol. The minimum Gasteiger partial charge on any atom is -0.354 e. The first kappa shape index (κ1) is 28.2. The van der Waals surface area contributed by atoms with E-state index in [1.54, 1.807) is 0 Å². The van der Waals surface area contributed by atoms with Crippen LogP contribution in [0.1, 0.15) is 69.2 Å². The predicted octanol–water partition coefficient (Wildman–Crippen LogP) is 4.69. The van der Waals surface area contributed by atoms with E-state index in [0.717, 1.165) is 0 Å². The van der Waals surface area contributed by atoms with Crippen molar-refractivity contribution in [2.45, 2.75) is 93.4 Å². The molecule has 0 aliphatic rings. The fraction of sp³-hybridized carbons (Fsp3) is 0.950. The van der Waals surface area contributed by atoms with Gasteiger partial charge in [0.05, 0.1) is 6.61 Å². The molecule has 0 aromatic carbocycles. The molecule has 0 heterocycles. The Balaban J connectivity index is 4.80. The molecular weight excluding hydrogens is 393 g/mol.